The van der Waals surface area contributed by atoms with E-state index < -0.39 is 17.5 Å². The van der Waals surface area contributed by atoms with Crippen LogP contribution >= 0.6 is 0 Å². The summed E-state index contributed by atoms with van der Waals surface area (Å²) in [5.41, 5.74) is 1.08. The largest absolute Gasteiger partial charge is 0.347 e. The van der Waals surface area contributed by atoms with Crippen LogP contribution in [-0.2, 0) is 6.54 Å². The van der Waals surface area contributed by atoms with E-state index in [-0.39, 0.29) is 17.3 Å². The van der Waals surface area contributed by atoms with Crippen molar-refractivity contribution in [2.75, 3.05) is 5.32 Å². The number of aromatic nitrogens is 3. The lowest BCUT2D eigenvalue weighted by molar-refractivity contribution is 0.0945. The number of amides is 1. The number of aryl methyl sites for hydroxylation is 1. The van der Waals surface area contributed by atoms with Crippen LogP contribution in [0.4, 0.5) is 20.4 Å². The molecule has 2 heterocycles. The minimum absolute atomic E-state index is 0.0666. The Morgan fingerprint density at radius 1 is 1.08 bits per heavy atom. The number of rotatable bonds is 5. The first kappa shape index (κ1) is 17.4. The lowest BCUT2D eigenvalue weighted by Gasteiger charge is -2.10. The van der Waals surface area contributed by atoms with Gasteiger partial charge in [0, 0.05) is 24.6 Å². The second-order valence-corrected chi connectivity index (χ2v) is 5.48. The van der Waals surface area contributed by atoms with Gasteiger partial charge in [0.25, 0.3) is 5.91 Å². The second kappa shape index (κ2) is 7.64. The lowest BCUT2D eigenvalue weighted by Crippen LogP contribution is -2.24. The molecule has 0 atom stereocenters. The molecule has 6 nitrogen and oxygen atoms in total. The number of halogens is 2. The maximum absolute atomic E-state index is 13.8. The van der Waals surface area contributed by atoms with Gasteiger partial charge in [0.05, 0.1) is 0 Å². The van der Waals surface area contributed by atoms with Gasteiger partial charge in [-0.2, -0.15) is 0 Å². The highest BCUT2D eigenvalue weighted by Crippen LogP contribution is 2.21. The second-order valence-electron chi connectivity index (χ2n) is 5.48. The van der Waals surface area contributed by atoms with Crippen molar-refractivity contribution < 1.29 is 13.6 Å². The van der Waals surface area contributed by atoms with Gasteiger partial charge < -0.3 is 10.6 Å². The zero-order valence-electron chi connectivity index (χ0n) is 13.8. The average molecular weight is 355 g/mol. The summed E-state index contributed by atoms with van der Waals surface area (Å²) in [5.74, 6) is -2.05. The smallest absolute Gasteiger partial charge is 0.270 e. The summed E-state index contributed by atoms with van der Waals surface area (Å²) < 4.78 is 27.5. The molecule has 1 aromatic carbocycles. The van der Waals surface area contributed by atoms with Gasteiger partial charge in [-0.15, -0.1) is 0 Å². The Hall–Kier alpha value is -3.42. The van der Waals surface area contributed by atoms with Crippen molar-refractivity contribution in [2.45, 2.75) is 13.5 Å². The van der Waals surface area contributed by atoms with Crippen molar-refractivity contribution in [1.29, 1.82) is 0 Å². The van der Waals surface area contributed by atoms with Gasteiger partial charge >= 0.3 is 0 Å². The van der Waals surface area contributed by atoms with E-state index in [1.807, 2.05) is 0 Å². The summed E-state index contributed by atoms with van der Waals surface area (Å²) in [7, 11) is 0. The van der Waals surface area contributed by atoms with Crippen LogP contribution in [0.15, 0.2) is 48.8 Å². The van der Waals surface area contributed by atoms with Gasteiger partial charge in [0.15, 0.2) is 0 Å². The van der Waals surface area contributed by atoms with E-state index in [4.69, 9.17) is 0 Å². The summed E-state index contributed by atoms with van der Waals surface area (Å²) in [6.45, 7) is 1.96. The maximum atomic E-state index is 13.8. The van der Waals surface area contributed by atoms with Gasteiger partial charge in [-0.1, -0.05) is 6.07 Å². The van der Waals surface area contributed by atoms with Crippen LogP contribution in [0.25, 0.3) is 0 Å². The molecule has 1 amide bonds. The summed E-state index contributed by atoms with van der Waals surface area (Å²) in [4.78, 5) is 24.3. The van der Waals surface area contributed by atoms with Crippen molar-refractivity contribution >= 4 is 17.5 Å². The van der Waals surface area contributed by atoms with Crippen LogP contribution in [0, 0.1) is 18.6 Å². The van der Waals surface area contributed by atoms with Gasteiger partial charge in [-0.25, -0.2) is 18.7 Å². The van der Waals surface area contributed by atoms with Crippen molar-refractivity contribution in [3.8, 4) is 0 Å². The molecule has 0 fully saturated rings. The molecule has 3 rings (SSSR count). The Bertz CT molecular complexity index is 914. The SMILES string of the molecule is Cc1cc(C(=O)NCc2ccncc2)nc(Nc2c(F)cccc2F)n1. The Balaban J connectivity index is 1.78. The molecule has 8 heteroatoms. The normalized spacial score (nSPS) is 10.4. The van der Waals surface area contributed by atoms with Gasteiger partial charge in [0.2, 0.25) is 5.95 Å². The number of hydrogen-bond donors (Lipinski definition) is 2. The molecular formula is C18H15F2N5O. The Kier molecular flexibility index (Phi) is 5.12. The van der Waals surface area contributed by atoms with Crippen molar-refractivity contribution in [1.82, 2.24) is 20.3 Å². The van der Waals surface area contributed by atoms with E-state index in [9.17, 15) is 13.6 Å². The monoisotopic (exact) mass is 355 g/mol. The van der Waals surface area contributed by atoms with Gasteiger partial charge in [-0.05, 0) is 42.8 Å². The van der Waals surface area contributed by atoms with Crippen LogP contribution < -0.4 is 10.6 Å². The van der Waals surface area contributed by atoms with Gasteiger partial charge in [-0.3, -0.25) is 9.78 Å². The van der Waals surface area contributed by atoms with Crippen LogP contribution in [-0.4, -0.2) is 20.9 Å². The quantitative estimate of drug-likeness (QED) is 0.735. The highest BCUT2D eigenvalue weighted by Gasteiger charge is 2.14. The van der Waals surface area contributed by atoms with E-state index >= 15 is 0 Å². The molecule has 26 heavy (non-hydrogen) atoms. The highest BCUT2D eigenvalue weighted by atomic mass is 19.1. The van der Waals surface area contributed by atoms with Crippen molar-refractivity contribution in [2.24, 2.45) is 0 Å². The third-order valence-corrected chi connectivity index (χ3v) is 3.49. The number of nitrogens with one attached hydrogen (secondary N) is 2. The van der Waals surface area contributed by atoms with Crippen LogP contribution in [0.5, 0.6) is 0 Å². The van der Waals surface area contributed by atoms with E-state index in [1.165, 1.54) is 12.1 Å². The Morgan fingerprint density at radius 3 is 2.46 bits per heavy atom. The molecule has 0 spiro atoms. The summed E-state index contributed by atoms with van der Waals surface area (Å²) >= 11 is 0. The molecule has 2 aromatic heterocycles. The zero-order valence-corrected chi connectivity index (χ0v) is 13.8. The number of carbonyl (C=O) groups is 1. The molecule has 0 radical (unpaired) electrons. The molecule has 0 aliphatic heterocycles. The molecule has 0 saturated heterocycles. The number of benzene rings is 1. The predicted molar refractivity (Wildman–Crippen MR) is 91.8 cm³/mol. The van der Waals surface area contributed by atoms with Crippen LogP contribution in [0.3, 0.4) is 0 Å². The van der Waals surface area contributed by atoms with Crippen LogP contribution in [0.1, 0.15) is 21.7 Å². The molecule has 3 aromatic rings. The fraction of sp³-hybridized carbons (Fsp3) is 0.111. The number of pyridine rings is 1. The third-order valence-electron chi connectivity index (χ3n) is 3.49. The maximum Gasteiger partial charge on any atom is 0.270 e. The van der Waals surface area contributed by atoms with Gasteiger partial charge in [0.1, 0.15) is 23.0 Å². The number of anilines is 2. The van der Waals surface area contributed by atoms with E-state index in [0.717, 1.165) is 17.7 Å². The standard InChI is InChI=1S/C18H15F2N5O/c1-11-9-15(17(26)22-10-12-5-7-21-8-6-12)24-18(23-11)25-16-13(19)3-2-4-14(16)20/h2-9H,10H2,1H3,(H,22,26)(H,23,24,25). The first-order chi connectivity index (χ1) is 12.5. The van der Waals surface area contributed by atoms with Crippen molar-refractivity contribution in [3.05, 3.63) is 77.4 Å². The number of para-hydroxylation sites is 1. The summed E-state index contributed by atoms with van der Waals surface area (Å²) in [5, 5.41) is 5.21. The topological polar surface area (TPSA) is 79.8 Å². The summed E-state index contributed by atoms with van der Waals surface area (Å²) in [6, 6.07) is 8.53. The molecule has 0 aliphatic carbocycles. The van der Waals surface area contributed by atoms with Crippen molar-refractivity contribution in [3.63, 3.8) is 0 Å². The average Bonchev–Trinajstić information content (AvgIpc) is 2.63. The molecule has 0 saturated carbocycles. The fourth-order valence-electron chi connectivity index (χ4n) is 2.24. The van der Waals surface area contributed by atoms with E-state index in [2.05, 4.69) is 25.6 Å². The first-order valence-corrected chi connectivity index (χ1v) is 7.77. The molecule has 0 unspecified atom stereocenters. The minimum atomic E-state index is -0.779. The predicted octanol–water partition coefficient (Wildman–Crippen LogP) is 3.13. The molecule has 0 bridgehead atoms. The highest BCUT2D eigenvalue weighted by molar-refractivity contribution is 5.92. The van der Waals surface area contributed by atoms with E-state index in [1.54, 1.807) is 31.5 Å². The zero-order chi connectivity index (χ0) is 18.5. The third kappa shape index (κ3) is 4.15. The fourth-order valence-corrected chi connectivity index (χ4v) is 2.24. The minimum Gasteiger partial charge on any atom is -0.347 e. The van der Waals surface area contributed by atoms with E-state index in [0.29, 0.717) is 12.2 Å². The molecular weight excluding hydrogens is 340 g/mol. The summed E-state index contributed by atoms with van der Waals surface area (Å²) in [6.07, 6.45) is 3.25. The Labute approximate surface area is 148 Å². The number of nitrogens with zero attached hydrogens (tertiary/aromatic N) is 3. The van der Waals surface area contributed by atoms with Crippen LogP contribution in [0.2, 0.25) is 0 Å². The number of hydrogen-bond acceptors (Lipinski definition) is 5. The Morgan fingerprint density at radius 2 is 1.77 bits per heavy atom. The molecule has 0 aliphatic rings. The molecule has 132 valence electrons. The lowest BCUT2D eigenvalue weighted by atomic mass is 10.2. The molecule has 2 N–H and O–H groups in total. The number of carbonyl (C=O) groups excluding carboxylic acids is 1. The first-order valence-electron chi connectivity index (χ1n) is 7.77.